The number of thiophene rings is 1. The molecular formula is C28H31F2N3O4S. The molecule has 10 heteroatoms. The number of nitrogens with one attached hydrogen (secondary N) is 2. The number of amides is 1. The van der Waals surface area contributed by atoms with Gasteiger partial charge in [0.25, 0.3) is 11.5 Å². The van der Waals surface area contributed by atoms with Crippen molar-refractivity contribution in [1.29, 1.82) is 0 Å². The van der Waals surface area contributed by atoms with Crippen LogP contribution in [0.4, 0.5) is 8.78 Å². The van der Waals surface area contributed by atoms with E-state index in [2.05, 4.69) is 10.3 Å². The number of pyridine rings is 1. The van der Waals surface area contributed by atoms with E-state index >= 15 is 8.78 Å². The molecule has 1 amide bonds. The highest BCUT2D eigenvalue weighted by atomic mass is 32.1. The van der Waals surface area contributed by atoms with E-state index in [0.29, 0.717) is 38.4 Å². The quantitative estimate of drug-likeness (QED) is 0.282. The molecule has 0 aliphatic carbocycles. The molecule has 4 rings (SSSR count). The molecule has 202 valence electrons. The lowest BCUT2D eigenvalue weighted by atomic mass is 9.99. The Morgan fingerprint density at radius 3 is 2.37 bits per heavy atom. The van der Waals surface area contributed by atoms with E-state index in [1.54, 1.807) is 46.8 Å². The van der Waals surface area contributed by atoms with Crippen LogP contribution >= 0.6 is 11.3 Å². The van der Waals surface area contributed by atoms with Crippen molar-refractivity contribution in [2.75, 3.05) is 6.54 Å². The maximum absolute atomic E-state index is 15.8. The van der Waals surface area contributed by atoms with Crippen LogP contribution in [0.1, 0.15) is 58.4 Å². The van der Waals surface area contributed by atoms with Crippen molar-refractivity contribution in [1.82, 2.24) is 14.9 Å². The average Bonchev–Trinajstić information content (AvgIpc) is 3.40. The second-order valence-electron chi connectivity index (χ2n) is 10.0. The summed E-state index contributed by atoms with van der Waals surface area (Å²) in [7, 11) is 1.54. The van der Waals surface area contributed by atoms with Gasteiger partial charge in [-0.1, -0.05) is 17.7 Å². The number of ether oxygens (including phenoxy) is 1. The topological polar surface area (TPSA) is 96.3 Å². The molecule has 0 spiro atoms. The molecular weight excluding hydrogens is 512 g/mol. The minimum Gasteiger partial charge on any atom is -0.427 e. The van der Waals surface area contributed by atoms with Gasteiger partial charge in [-0.25, -0.2) is 0 Å². The summed E-state index contributed by atoms with van der Waals surface area (Å²) in [6, 6.07) is 6.28. The van der Waals surface area contributed by atoms with Crippen LogP contribution in [0.5, 0.6) is 5.75 Å². The average molecular weight is 544 g/mol. The van der Waals surface area contributed by atoms with Crippen molar-refractivity contribution in [2.45, 2.75) is 53.3 Å². The summed E-state index contributed by atoms with van der Waals surface area (Å²) < 4.78 is 38.3. The Kier molecular flexibility index (Phi) is 7.00. The molecule has 0 aliphatic heterocycles. The number of aromatic nitrogens is 2. The number of aliphatic hydroxyl groups is 1. The van der Waals surface area contributed by atoms with Crippen LogP contribution in [0.3, 0.4) is 0 Å². The highest BCUT2D eigenvalue weighted by molar-refractivity contribution is 7.16. The largest absolute Gasteiger partial charge is 0.427 e. The molecule has 0 unspecified atom stereocenters. The van der Waals surface area contributed by atoms with Gasteiger partial charge >= 0.3 is 6.11 Å². The van der Waals surface area contributed by atoms with Gasteiger partial charge in [0, 0.05) is 35.6 Å². The number of carbonyl (C=O) groups excluding carboxylic acids is 1. The Hall–Kier alpha value is -3.50. The van der Waals surface area contributed by atoms with Gasteiger partial charge in [0.2, 0.25) is 0 Å². The number of nitrogens with zero attached hydrogens (tertiary/aromatic N) is 1. The van der Waals surface area contributed by atoms with Gasteiger partial charge in [0.1, 0.15) is 17.0 Å². The lowest BCUT2D eigenvalue weighted by Gasteiger charge is -2.23. The Morgan fingerprint density at radius 2 is 1.79 bits per heavy atom. The van der Waals surface area contributed by atoms with Gasteiger partial charge in [-0.3, -0.25) is 9.59 Å². The fraction of sp³-hybridized carbons (Fsp3) is 0.357. The van der Waals surface area contributed by atoms with Crippen molar-refractivity contribution in [3.63, 3.8) is 0 Å². The number of hydrogen-bond donors (Lipinski definition) is 3. The monoisotopic (exact) mass is 543 g/mol. The van der Waals surface area contributed by atoms with E-state index < -0.39 is 17.6 Å². The van der Waals surface area contributed by atoms with Gasteiger partial charge < -0.3 is 24.7 Å². The van der Waals surface area contributed by atoms with Crippen LogP contribution in [0, 0.1) is 20.8 Å². The third kappa shape index (κ3) is 4.98. The van der Waals surface area contributed by atoms with E-state index in [4.69, 9.17) is 4.74 Å². The van der Waals surface area contributed by atoms with Crippen molar-refractivity contribution in [2.24, 2.45) is 7.05 Å². The fourth-order valence-corrected chi connectivity index (χ4v) is 5.77. The Bertz CT molecular complexity index is 1590. The standard InChI is InChI=1S/C28H31F2N3O4S/c1-8-31-25(34)19-11-17-18(13-33(7)26(35)23(17)32-19)24-20(12-21(38-24)27(5,6)36)37-28(29,30)22-15(3)9-14(2)10-16(22)4/h9-13,32,36H,8H2,1-7H3,(H,31,34). The Balaban J connectivity index is 1.95. The van der Waals surface area contributed by atoms with Crippen LogP contribution in [0.2, 0.25) is 0 Å². The van der Waals surface area contributed by atoms with Crippen LogP contribution in [0.25, 0.3) is 21.3 Å². The van der Waals surface area contributed by atoms with E-state index in [0.717, 1.165) is 16.9 Å². The zero-order valence-electron chi connectivity index (χ0n) is 22.4. The van der Waals surface area contributed by atoms with Gasteiger partial charge in [0.15, 0.2) is 0 Å². The number of halogens is 2. The van der Waals surface area contributed by atoms with Crippen molar-refractivity contribution in [3.05, 3.63) is 73.6 Å². The summed E-state index contributed by atoms with van der Waals surface area (Å²) in [5, 5.41) is 13.8. The minimum absolute atomic E-state index is 0.141. The first-order chi connectivity index (χ1) is 17.6. The molecule has 4 aromatic rings. The van der Waals surface area contributed by atoms with Gasteiger partial charge in [-0.15, -0.1) is 11.3 Å². The zero-order valence-corrected chi connectivity index (χ0v) is 23.2. The molecule has 3 heterocycles. The number of carbonyl (C=O) groups is 1. The smallest absolute Gasteiger partial charge is 0.427 e. The van der Waals surface area contributed by atoms with Crippen molar-refractivity contribution in [3.8, 4) is 16.2 Å². The lowest BCUT2D eigenvalue weighted by Crippen LogP contribution is -2.24. The van der Waals surface area contributed by atoms with Crippen LogP contribution in [-0.2, 0) is 18.8 Å². The zero-order chi connectivity index (χ0) is 28.2. The SMILES string of the molecule is CCNC(=O)c1cc2c(-c3sc(C(C)(C)O)cc3OC(F)(F)c3c(C)cc(C)cc3C)cn(C)c(=O)c2[nH]1. The van der Waals surface area contributed by atoms with Crippen molar-refractivity contribution >= 4 is 28.1 Å². The molecule has 3 N–H and O–H groups in total. The highest BCUT2D eigenvalue weighted by Gasteiger charge is 2.40. The molecule has 0 aliphatic rings. The third-order valence-electron chi connectivity index (χ3n) is 6.30. The summed E-state index contributed by atoms with van der Waals surface area (Å²) in [5.41, 5.74) is 0.462. The molecule has 3 aromatic heterocycles. The summed E-state index contributed by atoms with van der Waals surface area (Å²) >= 11 is 1.09. The predicted molar refractivity (Wildman–Crippen MR) is 145 cm³/mol. The fourth-order valence-electron chi connectivity index (χ4n) is 4.66. The molecule has 0 bridgehead atoms. The number of aryl methyl sites for hydroxylation is 4. The summed E-state index contributed by atoms with van der Waals surface area (Å²) in [6.07, 6.45) is -2.16. The molecule has 0 radical (unpaired) electrons. The third-order valence-corrected chi connectivity index (χ3v) is 7.76. The van der Waals surface area contributed by atoms with Crippen molar-refractivity contribution < 1.29 is 23.4 Å². The number of benzene rings is 1. The van der Waals surface area contributed by atoms with Crippen LogP contribution < -0.4 is 15.6 Å². The molecule has 0 saturated heterocycles. The summed E-state index contributed by atoms with van der Waals surface area (Å²) in [5.74, 6) is -0.536. The Morgan fingerprint density at radius 1 is 1.16 bits per heavy atom. The van der Waals surface area contributed by atoms with E-state index in [-0.39, 0.29) is 28.1 Å². The highest BCUT2D eigenvalue weighted by Crippen LogP contribution is 2.47. The molecule has 0 saturated carbocycles. The number of rotatable bonds is 7. The van der Waals surface area contributed by atoms with E-state index in [1.807, 2.05) is 6.92 Å². The summed E-state index contributed by atoms with van der Waals surface area (Å²) in [6.45, 7) is 10.3. The first kappa shape index (κ1) is 27.5. The molecule has 1 aromatic carbocycles. The number of H-pyrrole nitrogens is 1. The second kappa shape index (κ2) is 9.67. The number of alkyl halides is 2. The first-order valence-corrected chi connectivity index (χ1v) is 13.0. The number of fused-ring (bicyclic) bond motifs is 1. The molecule has 38 heavy (non-hydrogen) atoms. The maximum atomic E-state index is 15.8. The van der Waals surface area contributed by atoms with Crippen LogP contribution in [0.15, 0.2) is 35.3 Å². The predicted octanol–water partition coefficient (Wildman–Crippen LogP) is 5.63. The first-order valence-electron chi connectivity index (χ1n) is 12.2. The van der Waals surface area contributed by atoms with Gasteiger partial charge in [-0.2, -0.15) is 8.78 Å². The lowest BCUT2D eigenvalue weighted by molar-refractivity contribution is -0.185. The normalized spacial score (nSPS) is 12.3. The number of hydrogen-bond acceptors (Lipinski definition) is 5. The van der Waals surface area contributed by atoms with Gasteiger partial charge in [0.05, 0.1) is 16.0 Å². The maximum Gasteiger partial charge on any atom is 0.427 e. The molecule has 7 nitrogen and oxygen atoms in total. The summed E-state index contributed by atoms with van der Waals surface area (Å²) in [4.78, 5) is 28.9. The van der Waals surface area contributed by atoms with Gasteiger partial charge in [-0.05, 0) is 64.8 Å². The number of aromatic amines is 1. The molecule has 0 atom stereocenters. The molecule has 0 fully saturated rings. The second-order valence-corrected chi connectivity index (χ2v) is 11.1. The van der Waals surface area contributed by atoms with E-state index in [1.165, 1.54) is 29.9 Å². The minimum atomic E-state index is -3.68. The van der Waals surface area contributed by atoms with Crippen LogP contribution in [-0.4, -0.2) is 27.1 Å². The van der Waals surface area contributed by atoms with E-state index in [9.17, 15) is 14.7 Å². The Labute approximate surface area is 223 Å².